The van der Waals surface area contributed by atoms with E-state index < -0.39 is 0 Å². The lowest BCUT2D eigenvalue weighted by atomic mass is 9.76. The first-order valence-electron chi connectivity index (χ1n) is 10.2. The molecule has 0 fully saturated rings. The van der Waals surface area contributed by atoms with Crippen LogP contribution in [0.1, 0.15) is 46.8 Å². The molecule has 5 heteroatoms. The van der Waals surface area contributed by atoms with Crippen molar-refractivity contribution in [3.05, 3.63) is 105 Å². The van der Waals surface area contributed by atoms with Gasteiger partial charge in [0, 0.05) is 40.5 Å². The maximum absolute atomic E-state index is 12.8. The van der Waals surface area contributed by atoms with Crippen molar-refractivity contribution in [2.75, 3.05) is 5.32 Å². The zero-order valence-electron chi connectivity index (χ0n) is 16.7. The Morgan fingerprint density at radius 1 is 1.07 bits per heavy atom. The summed E-state index contributed by atoms with van der Waals surface area (Å²) in [6.45, 7) is 2.06. The van der Waals surface area contributed by atoms with Gasteiger partial charge in [-0.25, -0.2) is 0 Å². The van der Waals surface area contributed by atoms with Crippen LogP contribution in [0.25, 0.3) is 10.8 Å². The number of nitrogens with one attached hydrogen (secondary N) is 2. The number of hydrogen-bond donors (Lipinski definition) is 3. The van der Waals surface area contributed by atoms with Crippen molar-refractivity contribution in [3.8, 4) is 0 Å². The molecule has 4 aromatic rings. The lowest BCUT2D eigenvalue weighted by Gasteiger charge is -2.37. The first-order chi connectivity index (χ1) is 14.7. The van der Waals surface area contributed by atoms with Gasteiger partial charge in [-0.3, -0.25) is 9.78 Å². The van der Waals surface area contributed by atoms with Crippen molar-refractivity contribution < 1.29 is 5.11 Å². The van der Waals surface area contributed by atoms with Crippen LogP contribution in [0.5, 0.6) is 0 Å². The van der Waals surface area contributed by atoms with Gasteiger partial charge in [-0.1, -0.05) is 43.3 Å². The van der Waals surface area contributed by atoms with E-state index in [1.165, 1.54) is 0 Å². The molecule has 0 saturated heterocycles. The summed E-state index contributed by atoms with van der Waals surface area (Å²) in [5, 5.41) is 15.1. The highest BCUT2D eigenvalue weighted by Gasteiger charge is 2.35. The zero-order chi connectivity index (χ0) is 20.7. The highest BCUT2D eigenvalue weighted by Crippen LogP contribution is 2.48. The van der Waals surface area contributed by atoms with E-state index in [4.69, 9.17) is 0 Å². The quantitative estimate of drug-likeness (QED) is 0.480. The first-order valence-corrected chi connectivity index (χ1v) is 10.2. The number of hydrogen-bond acceptors (Lipinski definition) is 4. The van der Waals surface area contributed by atoms with Crippen LogP contribution >= 0.6 is 0 Å². The molecule has 0 bridgehead atoms. The molecule has 3 N–H and O–H groups in total. The van der Waals surface area contributed by atoms with E-state index in [1.54, 1.807) is 6.20 Å². The Hall–Kier alpha value is -3.44. The predicted molar refractivity (Wildman–Crippen MR) is 119 cm³/mol. The summed E-state index contributed by atoms with van der Waals surface area (Å²) >= 11 is 0. The summed E-state index contributed by atoms with van der Waals surface area (Å²) in [6, 6.07) is 17.9. The van der Waals surface area contributed by atoms with E-state index in [9.17, 15) is 9.90 Å². The van der Waals surface area contributed by atoms with Crippen LogP contribution in [-0.4, -0.2) is 15.1 Å². The van der Waals surface area contributed by atoms with Gasteiger partial charge < -0.3 is 15.4 Å². The molecule has 2 aromatic heterocycles. The van der Waals surface area contributed by atoms with Crippen LogP contribution in [0.2, 0.25) is 0 Å². The minimum Gasteiger partial charge on any atom is -0.392 e. The third-order valence-corrected chi connectivity index (χ3v) is 6.01. The second kappa shape index (κ2) is 7.43. The smallest absolute Gasteiger partial charge is 0.256 e. The number of pyridine rings is 2. The minimum absolute atomic E-state index is 0.0101. The largest absolute Gasteiger partial charge is 0.392 e. The Kier molecular flexibility index (Phi) is 4.60. The summed E-state index contributed by atoms with van der Waals surface area (Å²) < 4.78 is 0. The molecule has 30 heavy (non-hydrogen) atoms. The van der Waals surface area contributed by atoms with Crippen LogP contribution in [0.4, 0.5) is 5.69 Å². The van der Waals surface area contributed by atoms with E-state index in [2.05, 4.69) is 40.4 Å². The summed E-state index contributed by atoms with van der Waals surface area (Å²) in [6.07, 6.45) is 4.39. The third kappa shape index (κ3) is 2.90. The normalized spacial score (nSPS) is 17.7. The van der Waals surface area contributed by atoms with E-state index >= 15 is 0 Å². The van der Waals surface area contributed by atoms with Crippen LogP contribution < -0.4 is 10.9 Å². The third-order valence-electron chi connectivity index (χ3n) is 6.01. The average Bonchev–Trinajstić information content (AvgIpc) is 2.81. The highest BCUT2D eigenvalue weighted by atomic mass is 16.3. The van der Waals surface area contributed by atoms with Crippen LogP contribution in [-0.2, 0) is 13.0 Å². The molecule has 2 atom stereocenters. The fourth-order valence-corrected chi connectivity index (χ4v) is 4.69. The van der Waals surface area contributed by atoms with Gasteiger partial charge >= 0.3 is 0 Å². The number of rotatable bonds is 4. The maximum atomic E-state index is 12.8. The fraction of sp³-hybridized carbons (Fsp3) is 0.200. The van der Waals surface area contributed by atoms with Gasteiger partial charge in [0.05, 0.1) is 12.6 Å². The molecule has 3 heterocycles. The molecule has 0 aliphatic carbocycles. The summed E-state index contributed by atoms with van der Waals surface area (Å²) in [4.78, 5) is 20.2. The topological polar surface area (TPSA) is 78.0 Å². The van der Waals surface area contributed by atoms with Gasteiger partial charge in [0.1, 0.15) is 0 Å². The lowest BCUT2D eigenvalue weighted by Crippen LogP contribution is -2.28. The molecular weight excluding hydrogens is 374 g/mol. The Morgan fingerprint density at radius 3 is 2.67 bits per heavy atom. The van der Waals surface area contributed by atoms with E-state index in [1.807, 2.05) is 42.6 Å². The molecule has 1 aliphatic rings. The van der Waals surface area contributed by atoms with Crippen molar-refractivity contribution in [1.29, 1.82) is 0 Å². The Labute approximate surface area is 174 Å². The molecule has 0 spiro atoms. The zero-order valence-corrected chi connectivity index (χ0v) is 16.7. The molecule has 0 amide bonds. The number of aromatic amines is 1. The van der Waals surface area contributed by atoms with Gasteiger partial charge in [-0.2, -0.15) is 0 Å². The number of anilines is 1. The van der Waals surface area contributed by atoms with Crippen molar-refractivity contribution in [2.45, 2.75) is 31.9 Å². The van der Waals surface area contributed by atoms with E-state index in [0.29, 0.717) is 5.39 Å². The molecule has 5 rings (SSSR count). The second-order valence-electron chi connectivity index (χ2n) is 7.72. The number of nitrogens with zero attached hydrogens (tertiary/aromatic N) is 1. The van der Waals surface area contributed by atoms with Crippen LogP contribution in [0.15, 0.2) is 71.8 Å². The lowest BCUT2D eigenvalue weighted by molar-refractivity contribution is 0.281. The minimum atomic E-state index is -0.0584. The monoisotopic (exact) mass is 397 g/mol. The van der Waals surface area contributed by atoms with Gasteiger partial charge in [-0.15, -0.1) is 0 Å². The number of aliphatic hydroxyl groups excluding tert-OH is 1. The summed E-state index contributed by atoms with van der Waals surface area (Å²) in [7, 11) is 0. The second-order valence-corrected chi connectivity index (χ2v) is 7.72. The SMILES string of the molecule is CCc1[nH]c(=O)c2cccc3c2c1C(c1cccc(CO)c1)C(c1cccnc1)N3. The standard InChI is InChI=1S/C25H23N3O2/c1-2-19-23-21(16-7-3-6-15(12-16)14-29)24(17-8-5-11-26-13-17)27-20-10-4-9-18(22(20)23)25(30)28-19/h3-13,21,24,27,29H,2,14H2,1H3,(H,28,30). The predicted octanol–water partition coefficient (Wildman–Crippen LogP) is 4.28. The molecule has 1 aliphatic heterocycles. The number of aliphatic hydroxyl groups is 1. The molecular formula is C25H23N3O2. The Bertz CT molecular complexity index is 1280. The highest BCUT2D eigenvalue weighted by molar-refractivity contribution is 5.98. The molecule has 2 aromatic carbocycles. The van der Waals surface area contributed by atoms with Crippen molar-refractivity contribution >= 4 is 16.5 Å². The molecule has 150 valence electrons. The molecule has 2 unspecified atom stereocenters. The molecule has 0 radical (unpaired) electrons. The van der Waals surface area contributed by atoms with Crippen molar-refractivity contribution in [1.82, 2.24) is 9.97 Å². The Balaban J connectivity index is 1.86. The van der Waals surface area contributed by atoms with Crippen LogP contribution in [0, 0.1) is 0 Å². The number of aryl methyl sites for hydroxylation is 1. The first kappa shape index (κ1) is 18.6. The van der Waals surface area contributed by atoms with Gasteiger partial charge in [0.15, 0.2) is 0 Å². The maximum Gasteiger partial charge on any atom is 0.256 e. The number of aromatic nitrogens is 2. The van der Waals surface area contributed by atoms with Crippen molar-refractivity contribution in [3.63, 3.8) is 0 Å². The van der Waals surface area contributed by atoms with E-state index in [0.717, 1.165) is 45.4 Å². The molecule has 0 saturated carbocycles. The van der Waals surface area contributed by atoms with Crippen molar-refractivity contribution in [2.24, 2.45) is 0 Å². The van der Waals surface area contributed by atoms with Gasteiger partial charge in [0.2, 0.25) is 0 Å². The van der Waals surface area contributed by atoms with Crippen LogP contribution in [0.3, 0.4) is 0 Å². The van der Waals surface area contributed by atoms with Gasteiger partial charge in [-0.05, 0) is 46.9 Å². The Morgan fingerprint density at radius 2 is 1.90 bits per heavy atom. The van der Waals surface area contributed by atoms with Gasteiger partial charge in [0.25, 0.3) is 5.56 Å². The number of benzene rings is 2. The average molecular weight is 397 g/mol. The number of H-pyrrole nitrogens is 1. The summed E-state index contributed by atoms with van der Waals surface area (Å²) in [5.74, 6) is -0.0371. The fourth-order valence-electron chi connectivity index (χ4n) is 4.69. The summed E-state index contributed by atoms with van der Waals surface area (Å²) in [5.41, 5.74) is 6.05. The molecule has 5 nitrogen and oxygen atoms in total. The van der Waals surface area contributed by atoms with E-state index in [-0.39, 0.29) is 24.1 Å².